The summed E-state index contributed by atoms with van der Waals surface area (Å²) >= 11 is 3.23. The first-order chi connectivity index (χ1) is 6.69. The van der Waals surface area contributed by atoms with Gasteiger partial charge in [0, 0.05) is 16.9 Å². The molecule has 1 heterocycles. The molecule has 72 valence electrons. The highest BCUT2D eigenvalue weighted by Gasteiger charge is 2.10. The molecule has 0 aliphatic rings. The third-order valence-electron chi connectivity index (χ3n) is 1.64. The molecular formula is C9H7BrN2O2. The highest BCUT2D eigenvalue weighted by Crippen LogP contribution is 2.20. The molecule has 0 amide bonds. The highest BCUT2D eigenvalue weighted by molar-refractivity contribution is 9.10. The molecule has 0 radical (unpaired) electrons. The van der Waals surface area contributed by atoms with Gasteiger partial charge in [0.25, 0.3) is 0 Å². The number of pyridine rings is 1. The first kappa shape index (κ1) is 10.7. The van der Waals surface area contributed by atoms with Crippen LogP contribution in [0.3, 0.4) is 0 Å². The zero-order valence-electron chi connectivity index (χ0n) is 7.45. The Bertz CT molecular complexity index is 398. The second kappa shape index (κ2) is 4.72. The average Bonchev–Trinajstić information content (AvgIpc) is 2.21. The Balaban J connectivity index is 2.99. The summed E-state index contributed by atoms with van der Waals surface area (Å²) in [6.45, 7) is 0. The van der Waals surface area contributed by atoms with Gasteiger partial charge in [-0.15, -0.1) is 0 Å². The fraction of sp³-hybridized carbons (Fsp3) is 0.222. The van der Waals surface area contributed by atoms with Crippen molar-refractivity contribution >= 4 is 21.9 Å². The Morgan fingerprint density at radius 2 is 2.43 bits per heavy atom. The lowest BCUT2D eigenvalue weighted by atomic mass is 10.1. The van der Waals surface area contributed by atoms with Crippen LogP contribution in [0, 0.1) is 11.3 Å². The van der Waals surface area contributed by atoms with Gasteiger partial charge in [0.2, 0.25) is 0 Å². The van der Waals surface area contributed by atoms with Gasteiger partial charge in [-0.2, -0.15) is 5.26 Å². The summed E-state index contributed by atoms with van der Waals surface area (Å²) < 4.78 is 5.11. The Labute approximate surface area is 89.6 Å². The zero-order valence-corrected chi connectivity index (χ0v) is 9.04. The van der Waals surface area contributed by atoms with Gasteiger partial charge in [-0.3, -0.25) is 9.78 Å². The van der Waals surface area contributed by atoms with E-state index in [9.17, 15) is 4.79 Å². The molecule has 0 saturated heterocycles. The van der Waals surface area contributed by atoms with Gasteiger partial charge >= 0.3 is 5.97 Å². The van der Waals surface area contributed by atoms with E-state index in [1.54, 1.807) is 0 Å². The average molecular weight is 255 g/mol. The van der Waals surface area contributed by atoms with E-state index in [1.807, 2.05) is 6.07 Å². The number of hydrogen-bond acceptors (Lipinski definition) is 4. The van der Waals surface area contributed by atoms with Crippen molar-refractivity contribution in [2.75, 3.05) is 7.11 Å². The molecule has 0 aliphatic carbocycles. The zero-order chi connectivity index (χ0) is 10.6. The van der Waals surface area contributed by atoms with Gasteiger partial charge in [0.05, 0.1) is 19.1 Å². The second-order valence-electron chi connectivity index (χ2n) is 2.52. The van der Waals surface area contributed by atoms with Gasteiger partial charge in [0.15, 0.2) is 0 Å². The van der Waals surface area contributed by atoms with Crippen molar-refractivity contribution in [2.45, 2.75) is 6.42 Å². The van der Waals surface area contributed by atoms with Crippen LogP contribution in [0.15, 0.2) is 16.9 Å². The molecule has 0 fully saturated rings. The monoisotopic (exact) mass is 254 g/mol. The lowest BCUT2D eigenvalue weighted by Crippen LogP contribution is -2.05. The Hall–Kier alpha value is -1.41. The van der Waals surface area contributed by atoms with E-state index in [1.165, 1.54) is 19.5 Å². The van der Waals surface area contributed by atoms with Crippen LogP contribution in [0.1, 0.15) is 11.1 Å². The van der Waals surface area contributed by atoms with Crippen LogP contribution in [-0.4, -0.2) is 18.1 Å². The van der Waals surface area contributed by atoms with Crippen LogP contribution >= 0.6 is 15.9 Å². The molecule has 0 N–H and O–H groups in total. The summed E-state index contributed by atoms with van der Waals surface area (Å²) in [5, 5.41) is 8.70. The molecule has 0 aliphatic heterocycles. The molecule has 1 aromatic heterocycles. The van der Waals surface area contributed by atoms with E-state index < -0.39 is 0 Å². The fourth-order valence-electron chi connectivity index (χ4n) is 0.917. The summed E-state index contributed by atoms with van der Waals surface area (Å²) in [5.41, 5.74) is 1.06. The van der Waals surface area contributed by atoms with Crippen LogP contribution in [0.5, 0.6) is 0 Å². The maximum absolute atomic E-state index is 11.0. The van der Waals surface area contributed by atoms with Crippen molar-refractivity contribution in [3.8, 4) is 6.07 Å². The molecule has 0 atom stereocenters. The van der Waals surface area contributed by atoms with Crippen molar-refractivity contribution in [3.05, 3.63) is 28.0 Å². The van der Waals surface area contributed by atoms with Gasteiger partial charge in [0.1, 0.15) is 6.07 Å². The number of esters is 1. The molecular weight excluding hydrogens is 248 g/mol. The molecule has 5 heteroatoms. The van der Waals surface area contributed by atoms with E-state index in [2.05, 4.69) is 25.7 Å². The minimum atomic E-state index is -0.359. The Kier molecular flexibility index (Phi) is 3.60. The normalized spacial score (nSPS) is 9.21. The van der Waals surface area contributed by atoms with Crippen molar-refractivity contribution < 1.29 is 9.53 Å². The SMILES string of the molecule is COC(=O)Cc1cncc(C#N)c1Br. The minimum absolute atomic E-state index is 0.111. The molecule has 14 heavy (non-hydrogen) atoms. The summed E-state index contributed by atoms with van der Waals surface area (Å²) in [5.74, 6) is -0.359. The largest absolute Gasteiger partial charge is 0.469 e. The number of methoxy groups -OCH3 is 1. The maximum atomic E-state index is 11.0. The molecule has 1 rings (SSSR count). The summed E-state index contributed by atoms with van der Waals surface area (Å²) in [6.07, 6.45) is 3.08. The number of carbonyl (C=O) groups is 1. The van der Waals surface area contributed by atoms with Crippen LogP contribution < -0.4 is 0 Å². The summed E-state index contributed by atoms with van der Waals surface area (Å²) in [4.78, 5) is 14.8. The summed E-state index contributed by atoms with van der Waals surface area (Å²) in [7, 11) is 1.32. The number of hydrogen-bond donors (Lipinski definition) is 0. The third-order valence-corrected chi connectivity index (χ3v) is 2.57. The number of ether oxygens (including phenoxy) is 1. The number of nitriles is 1. The Morgan fingerprint density at radius 1 is 1.71 bits per heavy atom. The van der Waals surface area contributed by atoms with E-state index in [0.29, 0.717) is 15.6 Å². The van der Waals surface area contributed by atoms with Crippen LogP contribution in [-0.2, 0) is 16.0 Å². The number of carbonyl (C=O) groups excluding carboxylic acids is 1. The number of aromatic nitrogens is 1. The van der Waals surface area contributed by atoms with E-state index in [-0.39, 0.29) is 12.4 Å². The summed E-state index contributed by atoms with van der Waals surface area (Å²) in [6, 6.07) is 1.97. The highest BCUT2D eigenvalue weighted by atomic mass is 79.9. The standard InChI is InChI=1S/C9H7BrN2O2/c1-14-8(13)2-6-4-12-5-7(3-11)9(6)10/h4-5H,2H2,1H3. The predicted molar refractivity (Wildman–Crippen MR) is 52.4 cm³/mol. The number of rotatable bonds is 2. The molecule has 0 saturated carbocycles. The molecule has 0 spiro atoms. The van der Waals surface area contributed by atoms with Gasteiger partial charge in [-0.25, -0.2) is 0 Å². The van der Waals surface area contributed by atoms with Crippen LogP contribution in [0.4, 0.5) is 0 Å². The van der Waals surface area contributed by atoms with Crippen molar-refractivity contribution in [1.29, 1.82) is 5.26 Å². The minimum Gasteiger partial charge on any atom is -0.469 e. The van der Waals surface area contributed by atoms with Crippen LogP contribution in [0.25, 0.3) is 0 Å². The van der Waals surface area contributed by atoms with E-state index >= 15 is 0 Å². The lowest BCUT2D eigenvalue weighted by Gasteiger charge is -2.03. The molecule has 0 aromatic carbocycles. The third kappa shape index (κ3) is 2.30. The lowest BCUT2D eigenvalue weighted by molar-refractivity contribution is -0.139. The molecule has 0 unspecified atom stereocenters. The van der Waals surface area contributed by atoms with Gasteiger partial charge in [-0.05, 0) is 21.5 Å². The maximum Gasteiger partial charge on any atom is 0.310 e. The predicted octanol–water partition coefficient (Wildman–Crippen LogP) is 1.43. The second-order valence-corrected chi connectivity index (χ2v) is 3.32. The van der Waals surface area contributed by atoms with Crippen molar-refractivity contribution in [2.24, 2.45) is 0 Å². The fourth-order valence-corrected chi connectivity index (χ4v) is 1.35. The molecule has 4 nitrogen and oxygen atoms in total. The van der Waals surface area contributed by atoms with Crippen molar-refractivity contribution in [1.82, 2.24) is 4.98 Å². The number of halogens is 1. The van der Waals surface area contributed by atoms with Gasteiger partial charge in [-0.1, -0.05) is 0 Å². The van der Waals surface area contributed by atoms with Gasteiger partial charge < -0.3 is 4.74 Å². The molecule has 0 bridgehead atoms. The van der Waals surface area contributed by atoms with Crippen LogP contribution in [0.2, 0.25) is 0 Å². The molecule has 1 aromatic rings. The number of nitrogens with zero attached hydrogens (tertiary/aromatic N) is 2. The van der Waals surface area contributed by atoms with E-state index in [0.717, 1.165) is 0 Å². The quantitative estimate of drug-likeness (QED) is 0.750. The first-order valence-corrected chi connectivity index (χ1v) is 4.57. The smallest absolute Gasteiger partial charge is 0.310 e. The Morgan fingerprint density at radius 3 is 3.00 bits per heavy atom. The van der Waals surface area contributed by atoms with Crippen molar-refractivity contribution in [3.63, 3.8) is 0 Å². The van der Waals surface area contributed by atoms with E-state index in [4.69, 9.17) is 5.26 Å². The topological polar surface area (TPSA) is 63.0 Å². The first-order valence-electron chi connectivity index (χ1n) is 3.78.